The molecule has 1 unspecified atom stereocenters. The summed E-state index contributed by atoms with van der Waals surface area (Å²) in [7, 11) is 0. The Kier molecular flexibility index (Phi) is 4.48. The third-order valence-corrected chi connectivity index (χ3v) is 3.24. The number of benzene rings is 2. The second kappa shape index (κ2) is 6.31. The molecule has 0 saturated carbocycles. The number of anilines is 2. The van der Waals surface area contributed by atoms with Crippen molar-refractivity contribution in [2.75, 3.05) is 10.6 Å². The van der Waals surface area contributed by atoms with Crippen molar-refractivity contribution in [1.29, 1.82) is 0 Å². The fraction of sp³-hybridized carbons (Fsp3) is 0.235. The van der Waals surface area contributed by atoms with Crippen molar-refractivity contribution in [3.63, 3.8) is 0 Å². The molecule has 4 heteroatoms. The Morgan fingerprint density at radius 2 is 1.71 bits per heavy atom. The number of carbonyl (C=O) groups excluding carboxylic acids is 1. The minimum absolute atomic E-state index is 0.0165. The lowest BCUT2D eigenvalue weighted by Crippen LogP contribution is -2.08. The number of nitrogens with one attached hydrogen (secondary N) is 2. The van der Waals surface area contributed by atoms with Crippen molar-refractivity contribution in [1.82, 2.24) is 0 Å². The summed E-state index contributed by atoms with van der Waals surface area (Å²) in [5.74, 6) is 0.207. The van der Waals surface area contributed by atoms with Crippen molar-refractivity contribution in [2.45, 2.75) is 26.8 Å². The summed E-state index contributed by atoms with van der Waals surface area (Å²) in [5, 5.41) is 16.0. The number of aromatic hydroxyl groups is 1. The SMILES string of the molecule is CC(=O)Nc1ccc(NC(C)c2ccc(C)cc2O)cc1. The van der Waals surface area contributed by atoms with Crippen molar-refractivity contribution in [2.24, 2.45) is 0 Å². The first-order chi connectivity index (χ1) is 9.95. The Balaban J connectivity index is 2.08. The van der Waals surface area contributed by atoms with Gasteiger partial charge in [0.1, 0.15) is 5.75 Å². The molecule has 0 heterocycles. The van der Waals surface area contributed by atoms with Crippen LogP contribution < -0.4 is 10.6 Å². The molecule has 2 rings (SSSR count). The number of phenolic OH excluding ortho intramolecular Hbond substituents is 1. The maximum absolute atomic E-state index is 11.0. The lowest BCUT2D eigenvalue weighted by atomic mass is 10.0. The van der Waals surface area contributed by atoms with Crippen molar-refractivity contribution >= 4 is 17.3 Å². The monoisotopic (exact) mass is 284 g/mol. The molecule has 2 aromatic carbocycles. The molecule has 0 aliphatic heterocycles. The second-order valence-corrected chi connectivity index (χ2v) is 5.19. The molecule has 0 fully saturated rings. The number of phenols is 1. The van der Waals surface area contributed by atoms with Crippen LogP contribution >= 0.6 is 0 Å². The number of carbonyl (C=O) groups is 1. The summed E-state index contributed by atoms with van der Waals surface area (Å²) >= 11 is 0. The molecule has 0 aliphatic carbocycles. The van der Waals surface area contributed by atoms with Gasteiger partial charge in [-0.1, -0.05) is 12.1 Å². The topological polar surface area (TPSA) is 61.4 Å². The van der Waals surface area contributed by atoms with E-state index in [1.807, 2.05) is 50.2 Å². The summed E-state index contributed by atoms with van der Waals surface area (Å²) in [5.41, 5.74) is 3.57. The summed E-state index contributed by atoms with van der Waals surface area (Å²) in [6.45, 7) is 5.42. The molecular formula is C17H20N2O2. The van der Waals surface area contributed by atoms with Crippen LogP contribution in [0.15, 0.2) is 42.5 Å². The van der Waals surface area contributed by atoms with E-state index >= 15 is 0 Å². The zero-order valence-electron chi connectivity index (χ0n) is 12.5. The smallest absolute Gasteiger partial charge is 0.221 e. The van der Waals surface area contributed by atoms with E-state index in [9.17, 15) is 9.90 Å². The minimum atomic E-state index is -0.0892. The normalized spacial score (nSPS) is 11.8. The van der Waals surface area contributed by atoms with Crippen LogP contribution in [-0.4, -0.2) is 11.0 Å². The van der Waals surface area contributed by atoms with E-state index < -0.39 is 0 Å². The van der Waals surface area contributed by atoms with Crippen LogP contribution in [0.5, 0.6) is 5.75 Å². The summed E-state index contributed by atoms with van der Waals surface area (Å²) < 4.78 is 0. The van der Waals surface area contributed by atoms with Crippen molar-refractivity contribution < 1.29 is 9.90 Å². The third-order valence-electron chi connectivity index (χ3n) is 3.24. The third kappa shape index (κ3) is 3.99. The first-order valence-corrected chi connectivity index (χ1v) is 6.89. The van der Waals surface area contributed by atoms with Crippen LogP contribution in [0.2, 0.25) is 0 Å². The number of rotatable bonds is 4. The quantitative estimate of drug-likeness (QED) is 0.799. The van der Waals surface area contributed by atoms with E-state index in [0.29, 0.717) is 5.75 Å². The molecule has 0 spiro atoms. The summed E-state index contributed by atoms with van der Waals surface area (Å²) in [4.78, 5) is 11.0. The standard InChI is InChI=1S/C17H20N2O2/c1-11-4-9-16(17(21)10-11)12(2)18-14-5-7-15(8-6-14)19-13(3)20/h4-10,12,18,21H,1-3H3,(H,19,20). The van der Waals surface area contributed by atoms with Gasteiger partial charge in [-0.25, -0.2) is 0 Å². The van der Waals surface area contributed by atoms with Gasteiger partial charge < -0.3 is 15.7 Å². The minimum Gasteiger partial charge on any atom is -0.508 e. The van der Waals surface area contributed by atoms with Gasteiger partial charge in [0.2, 0.25) is 5.91 Å². The number of hydrogen-bond acceptors (Lipinski definition) is 3. The molecule has 0 bridgehead atoms. The lowest BCUT2D eigenvalue weighted by molar-refractivity contribution is -0.114. The fourth-order valence-electron chi connectivity index (χ4n) is 2.20. The maximum Gasteiger partial charge on any atom is 0.221 e. The van der Waals surface area contributed by atoms with Gasteiger partial charge in [0.15, 0.2) is 0 Å². The van der Waals surface area contributed by atoms with Gasteiger partial charge in [0.25, 0.3) is 0 Å². The van der Waals surface area contributed by atoms with E-state index in [0.717, 1.165) is 22.5 Å². The number of aryl methyl sites for hydroxylation is 1. The largest absolute Gasteiger partial charge is 0.508 e. The van der Waals surface area contributed by atoms with Gasteiger partial charge in [-0.15, -0.1) is 0 Å². The molecule has 0 radical (unpaired) electrons. The van der Waals surface area contributed by atoms with Crippen molar-refractivity contribution in [3.05, 3.63) is 53.6 Å². The molecule has 2 aromatic rings. The average molecular weight is 284 g/mol. The summed E-state index contributed by atoms with van der Waals surface area (Å²) in [6, 6.07) is 13.1. The number of hydrogen-bond donors (Lipinski definition) is 3. The molecular weight excluding hydrogens is 264 g/mol. The fourth-order valence-corrected chi connectivity index (χ4v) is 2.20. The molecule has 0 saturated heterocycles. The summed E-state index contributed by atoms with van der Waals surface area (Å²) in [6.07, 6.45) is 0. The molecule has 1 atom stereocenters. The average Bonchev–Trinajstić information content (AvgIpc) is 2.40. The van der Waals surface area contributed by atoms with E-state index in [1.54, 1.807) is 6.07 Å². The van der Waals surface area contributed by atoms with Gasteiger partial charge in [0, 0.05) is 23.9 Å². The Hall–Kier alpha value is -2.49. The van der Waals surface area contributed by atoms with Crippen LogP contribution in [0.3, 0.4) is 0 Å². The van der Waals surface area contributed by atoms with Gasteiger partial charge in [-0.2, -0.15) is 0 Å². The maximum atomic E-state index is 11.0. The van der Waals surface area contributed by atoms with Gasteiger partial charge in [0.05, 0.1) is 6.04 Å². The first kappa shape index (κ1) is 14.9. The highest BCUT2D eigenvalue weighted by atomic mass is 16.3. The van der Waals surface area contributed by atoms with Gasteiger partial charge in [-0.3, -0.25) is 4.79 Å². The second-order valence-electron chi connectivity index (χ2n) is 5.19. The van der Waals surface area contributed by atoms with Crippen LogP contribution in [-0.2, 0) is 4.79 Å². The van der Waals surface area contributed by atoms with Gasteiger partial charge in [-0.05, 0) is 49.7 Å². The van der Waals surface area contributed by atoms with Crippen molar-refractivity contribution in [3.8, 4) is 5.75 Å². The Labute approximate surface area is 124 Å². The molecule has 3 N–H and O–H groups in total. The first-order valence-electron chi connectivity index (χ1n) is 6.89. The predicted octanol–water partition coefficient (Wildman–Crippen LogP) is 3.83. The van der Waals surface area contributed by atoms with Crippen LogP contribution in [0, 0.1) is 6.92 Å². The van der Waals surface area contributed by atoms with E-state index in [4.69, 9.17) is 0 Å². The predicted molar refractivity (Wildman–Crippen MR) is 85.6 cm³/mol. The Morgan fingerprint density at radius 1 is 1.10 bits per heavy atom. The Bertz CT molecular complexity index is 636. The molecule has 0 aromatic heterocycles. The Morgan fingerprint density at radius 3 is 2.29 bits per heavy atom. The molecule has 4 nitrogen and oxygen atoms in total. The highest BCUT2D eigenvalue weighted by Crippen LogP contribution is 2.28. The van der Waals surface area contributed by atoms with Crippen LogP contribution in [0.1, 0.15) is 31.0 Å². The van der Waals surface area contributed by atoms with Crippen LogP contribution in [0.4, 0.5) is 11.4 Å². The zero-order chi connectivity index (χ0) is 15.4. The molecule has 110 valence electrons. The van der Waals surface area contributed by atoms with E-state index in [-0.39, 0.29) is 11.9 Å². The highest BCUT2D eigenvalue weighted by Gasteiger charge is 2.10. The molecule has 1 amide bonds. The van der Waals surface area contributed by atoms with Crippen LogP contribution in [0.25, 0.3) is 0 Å². The lowest BCUT2D eigenvalue weighted by Gasteiger charge is -2.17. The highest BCUT2D eigenvalue weighted by molar-refractivity contribution is 5.88. The molecule has 0 aliphatic rings. The van der Waals surface area contributed by atoms with E-state index in [2.05, 4.69) is 10.6 Å². The van der Waals surface area contributed by atoms with E-state index in [1.165, 1.54) is 6.92 Å². The van der Waals surface area contributed by atoms with Gasteiger partial charge >= 0.3 is 0 Å². The zero-order valence-corrected chi connectivity index (χ0v) is 12.5. The number of amides is 1. The molecule has 21 heavy (non-hydrogen) atoms.